The number of aryl methyl sites for hydroxylation is 1. The molecule has 102 valence electrons. The Hall–Kier alpha value is -1.88. The normalized spacial score (nSPS) is 19.2. The molecule has 0 spiro atoms. The molecule has 5 heteroatoms. The van der Waals surface area contributed by atoms with Gasteiger partial charge in [0.05, 0.1) is 0 Å². The Bertz CT molecular complexity index is 447. The van der Waals surface area contributed by atoms with E-state index < -0.39 is 11.9 Å². The zero-order valence-corrected chi connectivity index (χ0v) is 10.8. The van der Waals surface area contributed by atoms with Crippen LogP contribution in [0.5, 0.6) is 0 Å². The van der Waals surface area contributed by atoms with Crippen LogP contribution in [0.3, 0.4) is 0 Å². The number of carbonyl (C=O) groups excluding carboxylic acids is 2. The fourth-order valence-corrected chi connectivity index (χ4v) is 2.22. The Morgan fingerprint density at radius 1 is 1.32 bits per heavy atom. The van der Waals surface area contributed by atoms with E-state index in [-0.39, 0.29) is 5.91 Å². The lowest BCUT2D eigenvalue weighted by atomic mass is 10.1. The van der Waals surface area contributed by atoms with Gasteiger partial charge in [0.1, 0.15) is 6.04 Å². The number of nitrogens with zero attached hydrogens (tertiary/aromatic N) is 1. The van der Waals surface area contributed by atoms with Crippen LogP contribution in [0.1, 0.15) is 12.0 Å². The third-order valence-electron chi connectivity index (χ3n) is 3.34. The summed E-state index contributed by atoms with van der Waals surface area (Å²) < 4.78 is 0. The van der Waals surface area contributed by atoms with Crippen molar-refractivity contribution in [3.05, 3.63) is 35.9 Å². The van der Waals surface area contributed by atoms with Crippen molar-refractivity contribution in [2.24, 2.45) is 5.73 Å². The smallest absolute Gasteiger partial charge is 0.236 e. The fraction of sp³-hybridized carbons (Fsp3) is 0.429. The standard InChI is InChI=1S/C14H19N3O2/c15-14(19)12-10-17(9-8-16-12)13(18)7-6-11-4-2-1-3-5-11/h1-5,12,16H,6-10H2,(H2,15,19). The molecule has 1 unspecified atom stereocenters. The van der Waals surface area contributed by atoms with Gasteiger partial charge in [-0.15, -0.1) is 0 Å². The Balaban J connectivity index is 1.84. The summed E-state index contributed by atoms with van der Waals surface area (Å²) >= 11 is 0. The topological polar surface area (TPSA) is 75.4 Å². The predicted octanol–water partition coefficient (Wildman–Crippen LogP) is -0.0951. The molecule has 2 amide bonds. The molecule has 5 nitrogen and oxygen atoms in total. The molecule has 1 aromatic rings. The van der Waals surface area contributed by atoms with Crippen LogP contribution in [0.2, 0.25) is 0 Å². The summed E-state index contributed by atoms with van der Waals surface area (Å²) in [5.74, 6) is -0.322. The zero-order chi connectivity index (χ0) is 13.7. The number of nitrogens with one attached hydrogen (secondary N) is 1. The minimum absolute atomic E-state index is 0.0802. The van der Waals surface area contributed by atoms with E-state index in [1.807, 2.05) is 30.3 Å². The van der Waals surface area contributed by atoms with Gasteiger partial charge in [0.15, 0.2) is 0 Å². The summed E-state index contributed by atoms with van der Waals surface area (Å²) in [6, 6.07) is 9.49. The maximum atomic E-state index is 12.1. The van der Waals surface area contributed by atoms with Gasteiger partial charge in [-0.3, -0.25) is 9.59 Å². The SMILES string of the molecule is NC(=O)C1CN(C(=O)CCc2ccccc2)CCN1. The lowest BCUT2D eigenvalue weighted by Crippen LogP contribution is -2.57. The first-order valence-corrected chi connectivity index (χ1v) is 6.51. The Labute approximate surface area is 112 Å². The highest BCUT2D eigenvalue weighted by atomic mass is 16.2. The number of benzene rings is 1. The molecular weight excluding hydrogens is 242 g/mol. The molecule has 1 aliphatic heterocycles. The van der Waals surface area contributed by atoms with Crippen molar-refractivity contribution in [1.29, 1.82) is 0 Å². The fourth-order valence-electron chi connectivity index (χ4n) is 2.22. The summed E-state index contributed by atoms with van der Waals surface area (Å²) in [5, 5.41) is 3.01. The number of rotatable bonds is 4. The average Bonchev–Trinajstić information content (AvgIpc) is 2.46. The number of amides is 2. The average molecular weight is 261 g/mol. The third kappa shape index (κ3) is 3.79. The Morgan fingerprint density at radius 3 is 2.74 bits per heavy atom. The molecule has 1 fully saturated rings. The van der Waals surface area contributed by atoms with E-state index in [1.165, 1.54) is 0 Å². The van der Waals surface area contributed by atoms with E-state index in [1.54, 1.807) is 4.90 Å². The first-order chi connectivity index (χ1) is 9.16. The van der Waals surface area contributed by atoms with E-state index in [0.29, 0.717) is 26.1 Å². The summed E-state index contributed by atoms with van der Waals surface area (Å²) in [4.78, 5) is 24.9. The predicted molar refractivity (Wildman–Crippen MR) is 72.3 cm³/mol. The molecule has 1 aliphatic rings. The van der Waals surface area contributed by atoms with Crippen LogP contribution in [0.4, 0.5) is 0 Å². The molecule has 1 atom stereocenters. The highest BCUT2D eigenvalue weighted by Crippen LogP contribution is 2.07. The molecule has 0 aliphatic carbocycles. The molecule has 1 aromatic carbocycles. The van der Waals surface area contributed by atoms with Crippen LogP contribution in [-0.2, 0) is 16.0 Å². The van der Waals surface area contributed by atoms with Crippen molar-refractivity contribution in [3.63, 3.8) is 0 Å². The van der Waals surface area contributed by atoms with Gasteiger partial charge in [0.2, 0.25) is 11.8 Å². The van der Waals surface area contributed by atoms with Gasteiger partial charge in [-0.05, 0) is 12.0 Å². The van der Waals surface area contributed by atoms with Crippen LogP contribution >= 0.6 is 0 Å². The van der Waals surface area contributed by atoms with E-state index in [4.69, 9.17) is 5.73 Å². The van der Waals surface area contributed by atoms with Crippen LogP contribution in [0.15, 0.2) is 30.3 Å². The number of primary amides is 1. The van der Waals surface area contributed by atoms with E-state index in [2.05, 4.69) is 5.32 Å². The van der Waals surface area contributed by atoms with Gasteiger partial charge in [-0.1, -0.05) is 30.3 Å². The molecule has 19 heavy (non-hydrogen) atoms. The number of hydrogen-bond acceptors (Lipinski definition) is 3. The van der Waals surface area contributed by atoms with Crippen molar-refractivity contribution in [1.82, 2.24) is 10.2 Å². The van der Waals surface area contributed by atoms with Gasteiger partial charge in [0, 0.05) is 26.1 Å². The van der Waals surface area contributed by atoms with Gasteiger partial charge in [-0.25, -0.2) is 0 Å². The van der Waals surface area contributed by atoms with E-state index in [0.717, 1.165) is 12.0 Å². The van der Waals surface area contributed by atoms with Gasteiger partial charge in [-0.2, -0.15) is 0 Å². The van der Waals surface area contributed by atoms with Crippen LogP contribution in [0.25, 0.3) is 0 Å². The first kappa shape index (κ1) is 13.5. The molecule has 3 N–H and O–H groups in total. The summed E-state index contributed by atoms with van der Waals surface area (Å²) in [6.07, 6.45) is 1.19. The van der Waals surface area contributed by atoms with Crippen molar-refractivity contribution in [2.45, 2.75) is 18.9 Å². The second-order valence-electron chi connectivity index (χ2n) is 4.73. The minimum Gasteiger partial charge on any atom is -0.368 e. The maximum Gasteiger partial charge on any atom is 0.236 e. The van der Waals surface area contributed by atoms with Crippen molar-refractivity contribution >= 4 is 11.8 Å². The number of piperazine rings is 1. The highest BCUT2D eigenvalue weighted by Gasteiger charge is 2.25. The summed E-state index contributed by atoms with van der Waals surface area (Å²) in [7, 11) is 0. The largest absolute Gasteiger partial charge is 0.368 e. The van der Waals surface area contributed by atoms with Crippen molar-refractivity contribution in [2.75, 3.05) is 19.6 Å². The number of carbonyl (C=O) groups is 2. The van der Waals surface area contributed by atoms with E-state index in [9.17, 15) is 9.59 Å². The summed E-state index contributed by atoms with van der Waals surface area (Å²) in [5.41, 5.74) is 6.41. The van der Waals surface area contributed by atoms with Gasteiger partial charge >= 0.3 is 0 Å². The monoisotopic (exact) mass is 261 g/mol. The molecular formula is C14H19N3O2. The van der Waals surface area contributed by atoms with Gasteiger partial charge in [0.25, 0.3) is 0 Å². The highest BCUT2D eigenvalue weighted by molar-refractivity contribution is 5.82. The molecule has 0 aromatic heterocycles. The molecule has 0 radical (unpaired) electrons. The second-order valence-corrected chi connectivity index (χ2v) is 4.73. The van der Waals surface area contributed by atoms with Crippen LogP contribution in [0, 0.1) is 0 Å². The lowest BCUT2D eigenvalue weighted by molar-refractivity contribution is -0.133. The Morgan fingerprint density at radius 2 is 2.05 bits per heavy atom. The minimum atomic E-state index is -0.422. The first-order valence-electron chi connectivity index (χ1n) is 6.51. The van der Waals surface area contributed by atoms with Crippen molar-refractivity contribution < 1.29 is 9.59 Å². The molecule has 1 saturated heterocycles. The molecule has 0 saturated carbocycles. The second kappa shape index (κ2) is 6.33. The van der Waals surface area contributed by atoms with Crippen LogP contribution in [-0.4, -0.2) is 42.4 Å². The third-order valence-corrected chi connectivity index (χ3v) is 3.34. The lowest BCUT2D eigenvalue weighted by Gasteiger charge is -2.32. The quantitative estimate of drug-likeness (QED) is 0.795. The Kier molecular flexibility index (Phi) is 4.52. The van der Waals surface area contributed by atoms with Crippen molar-refractivity contribution in [3.8, 4) is 0 Å². The van der Waals surface area contributed by atoms with E-state index >= 15 is 0 Å². The maximum absolute atomic E-state index is 12.1. The van der Waals surface area contributed by atoms with Gasteiger partial charge < -0.3 is 16.0 Å². The molecule has 0 bridgehead atoms. The van der Waals surface area contributed by atoms with Crippen LogP contribution < -0.4 is 11.1 Å². The number of nitrogens with two attached hydrogens (primary N) is 1. The zero-order valence-electron chi connectivity index (χ0n) is 10.8. The summed E-state index contributed by atoms with van der Waals surface area (Å²) in [6.45, 7) is 1.63. The molecule has 1 heterocycles. The number of hydrogen-bond donors (Lipinski definition) is 2. The molecule has 2 rings (SSSR count).